The van der Waals surface area contributed by atoms with Gasteiger partial charge in [-0.2, -0.15) is 0 Å². The number of aryl methyl sites for hydroxylation is 1. The fraction of sp³-hybridized carbons (Fsp3) is 0.250. The van der Waals surface area contributed by atoms with E-state index in [1.165, 1.54) is 16.5 Å². The highest BCUT2D eigenvalue weighted by atomic mass is 35.5. The summed E-state index contributed by atoms with van der Waals surface area (Å²) in [6.45, 7) is 5.44. The molecule has 122 valence electrons. The number of hydrogen-bond donors (Lipinski definition) is 0. The minimum Gasteiger partial charge on any atom is -0.378 e. The quantitative estimate of drug-likeness (QED) is 0.677. The molecule has 1 aliphatic rings. The Kier molecular flexibility index (Phi) is 4.13. The van der Waals surface area contributed by atoms with Gasteiger partial charge in [0.05, 0.1) is 18.7 Å². The summed E-state index contributed by atoms with van der Waals surface area (Å²) in [5, 5.41) is 1.92. The minimum atomic E-state index is 0.753. The van der Waals surface area contributed by atoms with Crippen LogP contribution in [0.5, 0.6) is 0 Å². The second kappa shape index (κ2) is 6.42. The standard InChI is InChI=1S/C20H19ClN2O/c1-14-12-18(15-2-4-16(21)5-3-15)17-6-7-20(22-19(17)13-14)23-8-10-24-11-9-23/h2-7,12-13H,8-11H2,1H3. The van der Waals surface area contributed by atoms with E-state index in [0.29, 0.717) is 0 Å². The number of hydrogen-bond acceptors (Lipinski definition) is 3. The SMILES string of the molecule is Cc1cc(-c2ccc(Cl)cc2)c2ccc(N3CCOCC3)nc2c1. The fourth-order valence-electron chi connectivity index (χ4n) is 3.20. The number of anilines is 1. The molecule has 3 aromatic rings. The lowest BCUT2D eigenvalue weighted by atomic mass is 9.98. The van der Waals surface area contributed by atoms with Crippen molar-refractivity contribution in [1.29, 1.82) is 0 Å². The zero-order valence-electron chi connectivity index (χ0n) is 13.6. The number of morpholine rings is 1. The molecule has 3 nitrogen and oxygen atoms in total. The topological polar surface area (TPSA) is 25.4 Å². The van der Waals surface area contributed by atoms with E-state index in [2.05, 4.69) is 48.2 Å². The molecule has 1 aliphatic heterocycles. The maximum Gasteiger partial charge on any atom is 0.129 e. The molecular weight excluding hydrogens is 320 g/mol. The minimum absolute atomic E-state index is 0.753. The van der Waals surface area contributed by atoms with E-state index in [9.17, 15) is 0 Å². The van der Waals surface area contributed by atoms with E-state index in [1.807, 2.05) is 12.1 Å². The molecule has 4 rings (SSSR count). The molecule has 0 radical (unpaired) electrons. The molecule has 0 spiro atoms. The van der Waals surface area contributed by atoms with E-state index < -0.39 is 0 Å². The van der Waals surface area contributed by atoms with Crippen LogP contribution in [-0.2, 0) is 4.74 Å². The van der Waals surface area contributed by atoms with Crippen molar-refractivity contribution in [1.82, 2.24) is 4.98 Å². The van der Waals surface area contributed by atoms with Crippen molar-refractivity contribution in [3.63, 3.8) is 0 Å². The molecule has 2 heterocycles. The van der Waals surface area contributed by atoms with Crippen molar-refractivity contribution in [2.24, 2.45) is 0 Å². The third kappa shape index (κ3) is 2.97. The predicted molar refractivity (Wildman–Crippen MR) is 100.0 cm³/mol. The average molecular weight is 339 g/mol. The molecule has 0 bridgehead atoms. The fourth-order valence-corrected chi connectivity index (χ4v) is 3.33. The number of fused-ring (bicyclic) bond motifs is 1. The summed E-state index contributed by atoms with van der Waals surface area (Å²) in [4.78, 5) is 7.19. The summed E-state index contributed by atoms with van der Waals surface area (Å²) in [6.07, 6.45) is 0. The van der Waals surface area contributed by atoms with Crippen molar-refractivity contribution in [2.75, 3.05) is 31.2 Å². The van der Waals surface area contributed by atoms with Gasteiger partial charge in [-0.15, -0.1) is 0 Å². The van der Waals surface area contributed by atoms with E-state index >= 15 is 0 Å². The first-order chi connectivity index (χ1) is 11.7. The molecule has 0 aliphatic carbocycles. The molecule has 0 saturated carbocycles. The van der Waals surface area contributed by atoms with Gasteiger partial charge in [0.1, 0.15) is 5.82 Å². The van der Waals surface area contributed by atoms with E-state index in [1.54, 1.807) is 0 Å². The maximum absolute atomic E-state index is 6.03. The summed E-state index contributed by atoms with van der Waals surface area (Å²) in [5.41, 5.74) is 4.60. The maximum atomic E-state index is 6.03. The average Bonchev–Trinajstić information content (AvgIpc) is 2.62. The smallest absolute Gasteiger partial charge is 0.129 e. The van der Waals surface area contributed by atoms with Crippen LogP contribution in [0.1, 0.15) is 5.56 Å². The van der Waals surface area contributed by atoms with Gasteiger partial charge in [-0.25, -0.2) is 4.98 Å². The van der Waals surface area contributed by atoms with Crippen LogP contribution >= 0.6 is 11.6 Å². The summed E-state index contributed by atoms with van der Waals surface area (Å²) < 4.78 is 5.43. The van der Waals surface area contributed by atoms with Crippen LogP contribution in [0.25, 0.3) is 22.0 Å². The lowest BCUT2D eigenvalue weighted by Gasteiger charge is -2.28. The van der Waals surface area contributed by atoms with Crippen LogP contribution in [0.15, 0.2) is 48.5 Å². The van der Waals surface area contributed by atoms with Crippen LogP contribution in [0.3, 0.4) is 0 Å². The normalized spacial score (nSPS) is 15.0. The second-order valence-corrected chi connectivity index (χ2v) is 6.59. The number of halogens is 1. The Morgan fingerprint density at radius 3 is 2.50 bits per heavy atom. The number of nitrogens with zero attached hydrogens (tertiary/aromatic N) is 2. The highest BCUT2D eigenvalue weighted by Crippen LogP contribution is 2.31. The first-order valence-electron chi connectivity index (χ1n) is 8.21. The first-order valence-corrected chi connectivity index (χ1v) is 8.58. The Morgan fingerprint density at radius 1 is 1.00 bits per heavy atom. The van der Waals surface area contributed by atoms with Crippen LogP contribution in [-0.4, -0.2) is 31.3 Å². The lowest BCUT2D eigenvalue weighted by molar-refractivity contribution is 0.122. The number of aromatic nitrogens is 1. The van der Waals surface area contributed by atoms with Crippen LogP contribution in [0, 0.1) is 6.92 Å². The molecular formula is C20H19ClN2O. The Morgan fingerprint density at radius 2 is 1.75 bits per heavy atom. The molecule has 0 amide bonds. The van der Waals surface area contributed by atoms with Crippen molar-refractivity contribution >= 4 is 28.3 Å². The molecule has 1 aromatic heterocycles. The third-order valence-corrected chi connectivity index (χ3v) is 4.68. The van der Waals surface area contributed by atoms with Gasteiger partial charge in [-0.1, -0.05) is 29.8 Å². The third-order valence-electron chi connectivity index (χ3n) is 4.43. The molecule has 1 fully saturated rings. The molecule has 2 aromatic carbocycles. The van der Waals surface area contributed by atoms with Gasteiger partial charge in [-0.05, 0) is 53.9 Å². The number of rotatable bonds is 2. The monoisotopic (exact) mass is 338 g/mol. The molecule has 0 unspecified atom stereocenters. The first kappa shape index (κ1) is 15.4. The van der Waals surface area contributed by atoms with E-state index in [-0.39, 0.29) is 0 Å². The lowest BCUT2D eigenvalue weighted by Crippen LogP contribution is -2.36. The summed E-state index contributed by atoms with van der Waals surface area (Å²) in [5.74, 6) is 1.03. The Labute approximate surface area is 146 Å². The van der Waals surface area contributed by atoms with Gasteiger partial charge in [0.2, 0.25) is 0 Å². The zero-order valence-corrected chi connectivity index (χ0v) is 14.4. The molecule has 0 atom stereocenters. The van der Waals surface area contributed by atoms with Crippen LogP contribution < -0.4 is 4.90 Å². The van der Waals surface area contributed by atoms with Gasteiger partial charge in [-0.3, -0.25) is 0 Å². The Bertz CT molecular complexity index is 871. The van der Waals surface area contributed by atoms with Crippen molar-refractivity contribution in [2.45, 2.75) is 6.92 Å². The van der Waals surface area contributed by atoms with Gasteiger partial charge in [0.15, 0.2) is 0 Å². The zero-order chi connectivity index (χ0) is 16.5. The Balaban J connectivity index is 1.82. The predicted octanol–water partition coefficient (Wildman–Crippen LogP) is 4.70. The number of pyridine rings is 1. The van der Waals surface area contributed by atoms with Gasteiger partial charge >= 0.3 is 0 Å². The largest absolute Gasteiger partial charge is 0.378 e. The highest BCUT2D eigenvalue weighted by molar-refractivity contribution is 6.30. The molecule has 4 heteroatoms. The van der Waals surface area contributed by atoms with E-state index in [0.717, 1.165) is 48.2 Å². The summed E-state index contributed by atoms with van der Waals surface area (Å²) in [7, 11) is 0. The summed E-state index contributed by atoms with van der Waals surface area (Å²) in [6, 6.07) is 16.6. The van der Waals surface area contributed by atoms with E-state index in [4.69, 9.17) is 21.3 Å². The van der Waals surface area contributed by atoms with Crippen LogP contribution in [0.4, 0.5) is 5.82 Å². The van der Waals surface area contributed by atoms with Crippen LogP contribution in [0.2, 0.25) is 5.02 Å². The highest BCUT2D eigenvalue weighted by Gasteiger charge is 2.14. The Hall–Kier alpha value is -2.10. The van der Waals surface area contributed by atoms with Gasteiger partial charge < -0.3 is 9.64 Å². The van der Waals surface area contributed by atoms with Crippen molar-refractivity contribution in [3.8, 4) is 11.1 Å². The molecule has 1 saturated heterocycles. The molecule has 24 heavy (non-hydrogen) atoms. The van der Waals surface area contributed by atoms with Gasteiger partial charge in [0, 0.05) is 23.5 Å². The second-order valence-electron chi connectivity index (χ2n) is 6.15. The van der Waals surface area contributed by atoms with Crippen molar-refractivity contribution < 1.29 is 4.74 Å². The van der Waals surface area contributed by atoms with Crippen molar-refractivity contribution in [3.05, 3.63) is 59.1 Å². The van der Waals surface area contributed by atoms with Gasteiger partial charge in [0.25, 0.3) is 0 Å². The molecule has 0 N–H and O–H groups in total. The number of benzene rings is 2. The number of ether oxygens (including phenoxy) is 1. The summed E-state index contributed by atoms with van der Waals surface area (Å²) >= 11 is 6.03.